The molecule has 7 nitrogen and oxygen atoms in total. The van der Waals surface area contributed by atoms with Crippen molar-refractivity contribution in [3.05, 3.63) is 78.4 Å². The highest BCUT2D eigenvalue weighted by Gasteiger charge is 2.55. The number of aliphatic carboxylic acids is 1. The van der Waals surface area contributed by atoms with Gasteiger partial charge in [0.2, 0.25) is 10.0 Å². The molecule has 3 aromatic rings. The Bertz CT molecular complexity index is 1410. The number of para-hydroxylation sites is 1. The Balaban J connectivity index is 1.67. The summed E-state index contributed by atoms with van der Waals surface area (Å²) in [6.07, 6.45) is -4.32. The number of nitrogens with zero attached hydrogens (tertiary/aromatic N) is 1. The summed E-state index contributed by atoms with van der Waals surface area (Å²) in [5.74, 6) is -2.09. The average Bonchev–Trinajstić information content (AvgIpc) is 3.64. The Morgan fingerprint density at radius 3 is 2.11 bits per heavy atom. The molecule has 1 aliphatic carbocycles. The van der Waals surface area contributed by atoms with Crippen LogP contribution in [0.25, 0.3) is 11.1 Å². The predicted molar refractivity (Wildman–Crippen MR) is 124 cm³/mol. The molecule has 1 aliphatic rings. The molecule has 0 saturated heterocycles. The molecule has 3 aromatic carbocycles. The molecule has 0 unspecified atom stereocenters. The van der Waals surface area contributed by atoms with Crippen LogP contribution >= 0.6 is 0 Å². The second-order valence-electron chi connectivity index (χ2n) is 8.41. The lowest BCUT2D eigenvalue weighted by Gasteiger charge is -2.30. The van der Waals surface area contributed by atoms with Crippen LogP contribution in [0.1, 0.15) is 18.4 Å². The van der Waals surface area contributed by atoms with Crippen molar-refractivity contribution in [2.45, 2.75) is 36.2 Å². The third kappa shape index (κ3) is 5.89. The summed E-state index contributed by atoms with van der Waals surface area (Å²) in [7, 11) is -4.41. The van der Waals surface area contributed by atoms with E-state index in [-0.39, 0.29) is 16.2 Å². The fourth-order valence-electron chi connectivity index (χ4n) is 4.19. The summed E-state index contributed by atoms with van der Waals surface area (Å²) in [5.41, 5.74) is -0.248. The van der Waals surface area contributed by atoms with Crippen molar-refractivity contribution in [3.8, 4) is 22.6 Å². The fraction of sp³-hybridized carbons (Fsp3) is 0.240. The summed E-state index contributed by atoms with van der Waals surface area (Å²) in [4.78, 5) is 11.3. The summed E-state index contributed by atoms with van der Waals surface area (Å²) < 4.78 is 99.4. The van der Waals surface area contributed by atoms with E-state index >= 15 is 0 Å². The molecule has 0 aliphatic heterocycles. The molecule has 202 valence electrons. The highest BCUT2D eigenvalue weighted by molar-refractivity contribution is 7.89. The minimum atomic E-state index is -4.90. The van der Waals surface area contributed by atoms with Crippen LogP contribution in [0.5, 0.6) is 11.5 Å². The van der Waals surface area contributed by atoms with Gasteiger partial charge in [-0.1, -0.05) is 42.5 Å². The van der Waals surface area contributed by atoms with E-state index in [0.717, 1.165) is 34.6 Å². The molecule has 1 N–H and O–H groups in total. The van der Waals surface area contributed by atoms with Gasteiger partial charge in [0.1, 0.15) is 18.0 Å². The van der Waals surface area contributed by atoms with Crippen molar-refractivity contribution >= 4 is 16.0 Å². The molecule has 0 spiro atoms. The van der Waals surface area contributed by atoms with E-state index in [4.69, 9.17) is 0 Å². The van der Waals surface area contributed by atoms with Gasteiger partial charge in [0.25, 0.3) is 0 Å². The maximum absolute atomic E-state index is 13.5. The molecule has 38 heavy (non-hydrogen) atoms. The summed E-state index contributed by atoms with van der Waals surface area (Å²) in [6.45, 7) is -3.98. The van der Waals surface area contributed by atoms with Gasteiger partial charge in [-0.25, -0.2) is 8.42 Å². The van der Waals surface area contributed by atoms with Crippen LogP contribution in [0, 0.1) is 0 Å². The number of ether oxygens (including phenoxy) is 2. The zero-order valence-corrected chi connectivity index (χ0v) is 20.2. The van der Waals surface area contributed by atoms with Crippen LogP contribution in [0.2, 0.25) is 0 Å². The fourth-order valence-corrected chi connectivity index (χ4v) is 5.95. The van der Waals surface area contributed by atoms with E-state index < -0.39 is 46.8 Å². The third-order valence-corrected chi connectivity index (χ3v) is 7.89. The SMILES string of the molecule is O=C(O)CN(C1(c2ccc(-c3ccccc3OC(F)(F)F)cc2)CC1)S(=O)(=O)c1ccc(OC(F)F)cc1. The van der Waals surface area contributed by atoms with Gasteiger partial charge in [0.05, 0.1) is 10.4 Å². The number of rotatable bonds is 10. The van der Waals surface area contributed by atoms with Gasteiger partial charge in [-0.3, -0.25) is 4.79 Å². The summed E-state index contributed by atoms with van der Waals surface area (Å²) in [6, 6.07) is 15.7. The normalized spacial score (nSPS) is 14.9. The topological polar surface area (TPSA) is 93.1 Å². The van der Waals surface area contributed by atoms with Gasteiger partial charge in [0, 0.05) is 5.56 Å². The number of carboxylic acids is 1. The molecule has 0 bridgehead atoms. The molecule has 0 amide bonds. The first kappa shape index (κ1) is 27.3. The molecular weight excluding hydrogens is 537 g/mol. The van der Waals surface area contributed by atoms with Crippen molar-refractivity contribution in [3.63, 3.8) is 0 Å². The number of sulfonamides is 1. The number of carbonyl (C=O) groups is 1. The molecule has 4 rings (SSSR count). The van der Waals surface area contributed by atoms with Crippen molar-refractivity contribution in [2.75, 3.05) is 6.54 Å². The van der Waals surface area contributed by atoms with Gasteiger partial charge >= 0.3 is 18.9 Å². The van der Waals surface area contributed by atoms with E-state index in [1.165, 1.54) is 42.5 Å². The highest BCUT2D eigenvalue weighted by Crippen LogP contribution is 2.53. The number of hydrogen-bond acceptors (Lipinski definition) is 5. The molecule has 1 saturated carbocycles. The molecule has 0 atom stereocenters. The first-order valence-corrected chi connectivity index (χ1v) is 12.5. The van der Waals surface area contributed by atoms with Crippen molar-refractivity contribution in [1.82, 2.24) is 4.31 Å². The number of carboxylic acid groups (broad SMARTS) is 1. The Hall–Kier alpha value is -3.71. The van der Waals surface area contributed by atoms with Crippen LogP contribution in [0.4, 0.5) is 22.0 Å². The standard InChI is InChI=1S/C25H20F5NO6S/c26-23(27)36-18-9-11-19(12-10-18)38(34,35)31(15-22(32)33)24(13-14-24)17-7-5-16(6-8-17)20-3-1-2-4-21(20)37-25(28,29)30/h1-12,23H,13-15H2,(H,32,33). The van der Waals surface area contributed by atoms with Gasteiger partial charge < -0.3 is 14.6 Å². The third-order valence-electron chi connectivity index (χ3n) is 5.96. The lowest BCUT2D eigenvalue weighted by Crippen LogP contribution is -2.43. The van der Waals surface area contributed by atoms with Crippen LogP contribution in [0.15, 0.2) is 77.7 Å². The summed E-state index contributed by atoms with van der Waals surface area (Å²) >= 11 is 0. The van der Waals surface area contributed by atoms with E-state index in [2.05, 4.69) is 9.47 Å². The Labute approximate surface area is 214 Å². The van der Waals surface area contributed by atoms with E-state index in [9.17, 15) is 40.3 Å². The molecule has 0 heterocycles. The first-order chi connectivity index (χ1) is 17.8. The average molecular weight is 557 g/mol. The van der Waals surface area contributed by atoms with Gasteiger partial charge in [-0.2, -0.15) is 13.1 Å². The van der Waals surface area contributed by atoms with E-state index in [1.807, 2.05) is 0 Å². The molecular formula is C25H20F5NO6S. The Kier molecular flexibility index (Phi) is 7.35. The minimum absolute atomic E-state index is 0.155. The van der Waals surface area contributed by atoms with Crippen molar-refractivity contribution in [2.24, 2.45) is 0 Å². The zero-order valence-electron chi connectivity index (χ0n) is 19.4. The number of hydrogen-bond donors (Lipinski definition) is 1. The molecule has 13 heteroatoms. The second-order valence-corrected chi connectivity index (χ2v) is 10.3. The Morgan fingerprint density at radius 2 is 1.58 bits per heavy atom. The predicted octanol–water partition coefficient (Wildman–Crippen LogP) is 5.62. The van der Waals surface area contributed by atoms with Crippen molar-refractivity contribution < 1.29 is 49.7 Å². The number of halogens is 5. The lowest BCUT2D eigenvalue weighted by atomic mass is 9.99. The van der Waals surface area contributed by atoms with E-state index in [1.54, 1.807) is 0 Å². The Morgan fingerprint density at radius 1 is 0.974 bits per heavy atom. The van der Waals surface area contributed by atoms with Crippen LogP contribution in [-0.2, 0) is 20.4 Å². The smallest absolute Gasteiger partial charge is 0.480 e. The first-order valence-electron chi connectivity index (χ1n) is 11.1. The molecule has 0 aromatic heterocycles. The maximum Gasteiger partial charge on any atom is 0.573 e. The number of alkyl halides is 5. The summed E-state index contributed by atoms with van der Waals surface area (Å²) in [5, 5.41) is 9.48. The van der Waals surface area contributed by atoms with Crippen LogP contribution < -0.4 is 9.47 Å². The zero-order chi connectivity index (χ0) is 27.7. The lowest BCUT2D eigenvalue weighted by molar-refractivity contribution is -0.274. The quantitative estimate of drug-likeness (QED) is 0.326. The maximum atomic E-state index is 13.5. The number of benzene rings is 3. The monoisotopic (exact) mass is 557 g/mol. The largest absolute Gasteiger partial charge is 0.573 e. The minimum Gasteiger partial charge on any atom is -0.480 e. The highest BCUT2D eigenvalue weighted by atomic mass is 32.2. The van der Waals surface area contributed by atoms with Crippen LogP contribution in [0.3, 0.4) is 0 Å². The van der Waals surface area contributed by atoms with Gasteiger partial charge in [-0.05, 0) is 54.3 Å². The van der Waals surface area contributed by atoms with Crippen molar-refractivity contribution in [1.29, 1.82) is 0 Å². The van der Waals surface area contributed by atoms with Crippen LogP contribution in [-0.4, -0.2) is 43.3 Å². The van der Waals surface area contributed by atoms with Gasteiger partial charge in [-0.15, -0.1) is 13.2 Å². The van der Waals surface area contributed by atoms with Gasteiger partial charge in [0.15, 0.2) is 0 Å². The molecule has 0 radical (unpaired) electrons. The second kappa shape index (κ2) is 10.2. The molecule has 1 fully saturated rings. The van der Waals surface area contributed by atoms with E-state index in [0.29, 0.717) is 24.0 Å².